The highest BCUT2D eigenvalue weighted by molar-refractivity contribution is 9.10. The molecule has 3 aromatic rings. The fourth-order valence-corrected chi connectivity index (χ4v) is 4.79. The van der Waals surface area contributed by atoms with Crippen LogP contribution in [0.15, 0.2) is 99.1 Å². The minimum absolute atomic E-state index is 0.0240. The number of nitrogens with one attached hydrogen (secondary N) is 1. The molecule has 2 amide bonds. The second kappa shape index (κ2) is 11.8. The van der Waals surface area contributed by atoms with Gasteiger partial charge < -0.3 is 10.4 Å². The molecule has 4 rings (SSSR count). The summed E-state index contributed by atoms with van der Waals surface area (Å²) in [5.41, 5.74) is 3.11. The lowest BCUT2D eigenvalue weighted by Gasteiger charge is -2.16. The van der Waals surface area contributed by atoms with Crippen LogP contribution in [0.25, 0.3) is 6.08 Å². The normalized spacial score (nSPS) is 17.2. The zero-order valence-corrected chi connectivity index (χ0v) is 21.7. The number of aromatic hydroxyl groups is 1. The predicted octanol–water partition coefficient (Wildman–Crippen LogP) is 6.08. The molecule has 1 saturated heterocycles. The third-order valence-corrected chi connectivity index (χ3v) is 6.80. The number of carbonyl (C=O) groups is 2. The number of benzene rings is 3. The highest BCUT2D eigenvalue weighted by Crippen LogP contribution is 2.34. The molecule has 0 aromatic heterocycles. The van der Waals surface area contributed by atoms with Crippen molar-refractivity contribution in [1.29, 1.82) is 0 Å². The van der Waals surface area contributed by atoms with Gasteiger partial charge in [-0.25, -0.2) is 0 Å². The van der Waals surface area contributed by atoms with Crippen LogP contribution < -0.4 is 10.2 Å². The van der Waals surface area contributed by atoms with Crippen molar-refractivity contribution in [3.05, 3.63) is 94.5 Å². The van der Waals surface area contributed by atoms with Crippen LogP contribution in [-0.4, -0.2) is 33.6 Å². The minimum Gasteiger partial charge on any atom is -0.508 e. The van der Waals surface area contributed by atoms with Crippen molar-refractivity contribution >= 4 is 68.3 Å². The van der Waals surface area contributed by atoms with E-state index in [9.17, 15) is 14.7 Å². The van der Waals surface area contributed by atoms with Gasteiger partial charge in [0.15, 0.2) is 5.17 Å². The van der Waals surface area contributed by atoms with Crippen molar-refractivity contribution in [1.82, 2.24) is 0 Å². The van der Waals surface area contributed by atoms with E-state index in [-0.39, 0.29) is 24.0 Å². The zero-order valence-electron chi connectivity index (χ0n) is 19.3. The van der Waals surface area contributed by atoms with Crippen LogP contribution in [0.1, 0.15) is 18.9 Å². The topological polar surface area (TPSA) is 94.4 Å². The Morgan fingerprint density at radius 1 is 1.08 bits per heavy atom. The van der Waals surface area contributed by atoms with Gasteiger partial charge in [-0.15, -0.1) is 5.10 Å². The number of hydrogen-bond donors (Lipinski definition) is 2. The second-order valence-corrected chi connectivity index (χ2v) is 10.1. The molecule has 2 N–H and O–H groups in total. The SMILES string of the molecule is CC(C=NN=C1SC(CC(=O)Nc2ccc(Br)cc2)C(=O)N1c1ccc(O)cc1)=Cc1ccccc1. The molecule has 1 atom stereocenters. The molecule has 1 aliphatic heterocycles. The molecule has 9 heteroatoms. The van der Waals surface area contributed by atoms with Gasteiger partial charge in [0.2, 0.25) is 11.8 Å². The van der Waals surface area contributed by atoms with Crippen LogP contribution in [0, 0.1) is 0 Å². The van der Waals surface area contributed by atoms with E-state index >= 15 is 0 Å². The molecule has 1 fully saturated rings. The van der Waals surface area contributed by atoms with Gasteiger partial charge in [0, 0.05) is 16.6 Å². The van der Waals surface area contributed by atoms with Gasteiger partial charge in [0.25, 0.3) is 0 Å². The van der Waals surface area contributed by atoms with Gasteiger partial charge >= 0.3 is 0 Å². The number of rotatable bonds is 7. The van der Waals surface area contributed by atoms with Crippen LogP contribution >= 0.6 is 27.7 Å². The highest BCUT2D eigenvalue weighted by atomic mass is 79.9. The van der Waals surface area contributed by atoms with Gasteiger partial charge in [0.05, 0.1) is 11.9 Å². The molecular formula is C27H23BrN4O3S. The molecular weight excluding hydrogens is 540 g/mol. The number of hydrogen-bond acceptors (Lipinski definition) is 6. The van der Waals surface area contributed by atoms with E-state index in [4.69, 9.17) is 0 Å². The van der Waals surface area contributed by atoms with Crippen LogP contribution in [0.2, 0.25) is 0 Å². The lowest BCUT2D eigenvalue weighted by atomic mass is 10.1. The quantitative estimate of drug-likeness (QED) is 0.269. The summed E-state index contributed by atoms with van der Waals surface area (Å²) in [6.45, 7) is 1.91. The number of amides is 2. The Balaban J connectivity index is 1.52. The fourth-order valence-electron chi connectivity index (χ4n) is 3.44. The fraction of sp³-hybridized carbons (Fsp3) is 0.111. The van der Waals surface area contributed by atoms with Crippen LogP contribution in [0.5, 0.6) is 5.75 Å². The minimum atomic E-state index is -0.663. The van der Waals surface area contributed by atoms with E-state index in [1.165, 1.54) is 28.8 Å². The van der Waals surface area contributed by atoms with E-state index < -0.39 is 5.25 Å². The Labute approximate surface area is 221 Å². The molecule has 7 nitrogen and oxygen atoms in total. The van der Waals surface area contributed by atoms with Crippen molar-refractivity contribution in [3.8, 4) is 5.75 Å². The first kappa shape index (κ1) is 25.4. The summed E-state index contributed by atoms with van der Waals surface area (Å²) < 4.78 is 0.904. The van der Waals surface area contributed by atoms with Crippen LogP contribution in [0.3, 0.4) is 0 Å². The summed E-state index contributed by atoms with van der Waals surface area (Å²) in [5, 5.41) is 20.7. The van der Waals surface area contributed by atoms with E-state index in [1.807, 2.05) is 55.5 Å². The summed E-state index contributed by atoms with van der Waals surface area (Å²) in [4.78, 5) is 27.4. The van der Waals surface area contributed by atoms with Crippen molar-refractivity contribution in [3.63, 3.8) is 0 Å². The summed E-state index contributed by atoms with van der Waals surface area (Å²) in [6.07, 6.45) is 3.57. The smallest absolute Gasteiger partial charge is 0.247 e. The molecule has 0 spiro atoms. The number of phenols is 1. The molecule has 1 unspecified atom stereocenters. The molecule has 0 aliphatic carbocycles. The van der Waals surface area contributed by atoms with Gasteiger partial charge in [-0.1, -0.05) is 64.1 Å². The molecule has 1 heterocycles. The molecule has 0 bridgehead atoms. The van der Waals surface area contributed by atoms with Crippen molar-refractivity contribution < 1.29 is 14.7 Å². The summed E-state index contributed by atoms with van der Waals surface area (Å²) in [6, 6.07) is 23.3. The summed E-state index contributed by atoms with van der Waals surface area (Å²) in [7, 11) is 0. The average Bonchev–Trinajstić information content (AvgIpc) is 3.16. The Kier molecular flexibility index (Phi) is 8.35. The Morgan fingerprint density at radius 2 is 1.78 bits per heavy atom. The average molecular weight is 563 g/mol. The monoisotopic (exact) mass is 562 g/mol. The molecule has 0 saturated carbocycles. The molecule has 1 aliphatic rings. The van der Waals surface area contributed by atoms with Gasteiger partial charge in [-0.05, 0) is 66.6 Å². The number of carbonyl (C=O) groups excluding carboxylic acids is 2. The number of amidine groups is 1. The van der Waals surface area contributed by atoms with Crippen molar-refractivity contribution in [2.45, 2.75) is 18.6 Å². The molecule has 36 heavy (non-hydrogen) atoms. The van der Waals surface area contributed by atoms with E-state index in [1.54, 1.807) is 30.5 Å². The number of nitrogens with zero attached hydrogens (tertiary/aromatic N) is 3. The van der Waals surface area contributed by atoms with Gasteiger partial charge in [-0.3, -0.25) is 14.5 Å². The zero-order chi connectivity index (χ0) is 25.5. The first-order chi connectivity index (χ1) is 17.4. The maximum absolute atomic E-state index is 13.3. The van der Waals surface area contributed by atoms with Crippen LogP contribution in [0.4, 0.5) is 11.4 Å². The lowest BCUT2D eigenvalue weighted by Crippen LogP contribution is -2.33. The first-order valence-electron chi connectivity index (χ1n) is 11.1. The standard InChI is InChI=1S/C27H23BrN4O3S/c1-18(15-19-5-3-2-4-6-19)17-29-31-27-32(22-11-13-23(33)14-12-22)26(35)24(36-27)16-25(34)30-21-9-7-20(28)8-10-21/h2-15,17,24,33H,16H2,1H3,(H,30,34). The number of halogens is 1. The maximum atomic E-state index is 13.3. The predicted molar refractivity (Wildman–Crippen MR) is 150 cm³/mol. The number of phenolic OH excluding ortho intramolecular Hbond substituents is 1. The van der Waals surface area contributed by atoms with E-state index in [2.05, 4.69) is 31.4 Å². The summed E-state index contributed by atoms with van der Waals surface area (Å²) >= 11 is 4.55. The highest BCUT2D eigenvalue weighted by Gasteiger charge is 2.40. The third kappa shape index (κ3) is 6.71. The summed E-state index contributed by atoms with van der Waals surface area (Å²) in [5.74, 6) is -0.468. The van der Waals surface area contributed by atoms with Crippen LogP contribution in [-0.2, 0) is 9.59 Å². The number of allylic oxidation sites excluding steroid dienone is 1. The molecule has 3 aromatic carbocycles. The van der Waals surface area contributed by atoms with Crippen molar-refractivity contribution in [2.24, 2.45) is 10.2 Å². The maximum Gasteiger partial charge on any atom is 0.247 e. The number of thioether (sulfide) groups is 1. The first-order valence-corrected chi connectivity index (χ1v) is 12.8. The lowest BCUT2D eigenvalue weighted by molar-refractivity contribution is -0.121. The number of anilines is 2. The third-order valence-electron chi connectivity index (χ3n) is 5.14. The Bertz CT molecular complexity index is 1320. The van der Waals surface area contributed by atoms with Gasteiger partial charge in [0.1, 0.15) is 11.0 Å². The largest absolute Gasteiger partial charge is 0.508 e. The second-order valence-electron chi connectivity index (χ2n) is 7.98. The molecule has 182 valence electrons. The van der Waals surface area contributed by atoms with E-state index in [0.717, 1.165) is 15.6 Å². The van der Waals surface area contributed by atoms with Crippen molar-refractivity contribution in [2.75, 3.05) is 10.2 Å². The Hall–Kier alpha value is -3.69. The molecule has 0 radical (unpaired) electrons. The van der Waals surface area contributed by atoms with E-state index in [0.29, 0.717) is 16.5 Å². The van der Waals surface area contributed by atoms with Gasteiger partial charge in [-0.2, -0.15) is 5.10 Å². The Morgan fingerprint density at radius 3 is 2.47 bits per heavy atom.